The first-order valence-electron chi connectivity index (χ1n) is 3.32. The molecule has 0 aliphatic carbocycles. The van der Waals surface area contributed by atoms with E-state index in [2.05, 4.69) is 12.4 Å². The van der Waals surface area contributed by atoms with E-state index < -0.39 is 6.23 Å². The SMILES string of the molecule is CCCCONC(C)O. The number of hydrogen-bond donors (Lipinski definition) is 2. The van der Waals surface area contributed by atoms with Gasteiger partial charge in [0.1, 0.15) is 6.23 Å². The van der Waals surface area contributed by atoms with E-state index in [4.69, 9.17) is 9.94 Å². The number of nitrogens with one attached hydrogen (secondary N) is 1. The second kappa shape index (κ2) is 6.01. The molecular weight excluding hydrogens is 118 g/mol. The molecule has 56 valence electrons. The summed E-state index contributed by atoms with van der Waals surface area (Å²) in [5, 5.41) is 8.62. The number of aliphatic hydroxyl groups excluding tert-OH is 1. The highest BCUT2D eigenvalue weighted by molar-refractivity contribution is 4.30. The van der Waals surface area contributed by atoms with Crippen LogP contribution in [0.5, 0.6) is 0 Å². The van der Waals surface area contributed by atoms with Crippen molar-refractivity contribution in [3.8, 4) is 0 Å². The van der Waals surface area contributed by atoms with Crippen LogP contribution in [0.15, 0.2) is 0 Å². The minimum atomic E-state index is -0.568. The molecule has 0 aromatic rings. The Hall–Kier alpha value is -0.120. The van der Waals surface area contributed by atoms with Crippen molar-refractivity contribution < 1.29 is 9.94 Å². The molecule has 0 heterocycles. The van der Waals surface area contributed by atoms with Gasteiger partial charge in [0.25, 0.3) is 0 Å². The summed E-state index contributed by atoms with van der Waals surface area (Å²) >= 11 is 0. The normalized spacial score (nSPS) is 13.7. The summed E-state index contributed by atoms with van der Waals surface area (Å²) in [6.45, 7) is 4.37. The largest absolute Gasteiger partial charge is 0.377 e. The third-order valence-corrected chi connectivity index (χ3v) is 0.854. The molecule has 0 fully saturated rings. The number of rotatable bonds is 5. The van der Waals surface area contributed by atoms with Gasteiger partial charge in [-0.1, -0.05) is 13.3 Å². The average molecular weight is 133 g/mol. The minimum absolute atomic E-state index is 0.568. The highest BCUT2D eigenvalue weighted by atomic mass is 16.7. The smallest absolute Gasteiger partial charge is 0.124 e. The summed E-state index contributed by atoms with van der Waals surface area (Å²) in [4.78, 5) is 4.84. The second-order valence-corrected chi connectivity index (χ2v) is 2.00. The molecule has 3 heteroatoms. The molecule has 0 aliphatic rings. The van der Waals surface area contributed by atoms with Crippen LogP contribution >= 0.6 is 0 Å². The first-order chi connectivity index (χ1) is 4.27. The Morgan fingerprint density at radius 2 is 2.33 bits per heavy atom. The standard InChI is InChI=1S/C6H15NO2/c1-3-4-5-9-7-6(2)8/h6-8H,3-5H2,1-2H3. The van der Waals surface area contributed by atoms with Crippen molar-refractivity contribution in [1.29, 1.82) is 0 Å². The second-order valence-electron chi connectivity index (χ2n) is 2.00. The zero-order chi connectivity index (χ0) is 7.11. The topological polar surface area (TPSA) is 41.5 Å². The first-order valence-corrected chi connectivity index (χ1v) is 3.32. The lowest BCUT2D eigenvalue weighted by Crippen LogP contribution is -2.25. The highest BCUT2D eigenvalue weighted by Crippen LogP contribution is 1.85. The summed E-state index contributed by atoms with van der Waals surface area (Å²) in [6.07, 6.45) is 1.57. The number of hydroxylamine groups is 1. The Balaban J connectivity index is 2.75. The lowest BCUT2D eigenvalue weighted by atomic mass is 10.4. The maximum Gasteiger partial charge on any atom is 0.124 e. The van der Waals surface area contributed by atoms with Gasteiger partial charge >= 0.3 is 0 Å². The monoisotopic (exact) mass is 133 g/mol. The molecule has 1 unspecified atom stereocenters. The van der Waals surface area contributed by atoms with Crippen LogP contribution in [0.3, 0.4) is 0 Å². The first kappa shape index (κ1) is 8.88. The van der Waals surface area contributed by atoms with Crippen LogP contribution in [-0.2, 0) is 4.84 Å². The lowest BCUT2D eigenvalue weighted by Gasteiger charge is -2.05. The summed E-state index contributed by atoms with van der Waals surface area (Å²) < 4.78 is 0. The van der Waals surface area contributed by atoms with E-state index in [0.717, 1.165) is 12.8 Å². The van der Waals surface area contributed by atoms with E-state index in [-0.39, 0.29) is 0 Å². The molecular formula is C6H15NO2. The van der Waals surface area contributed by atoms with E-state index in [0.29, 0.717) is 6.61 Å². The molecule has 0 radical (unpaired) electrons. The van der Waals surface area contributed by atoms with Crippen LogP contribution in [0.25, 0.3) is 0 Å². The molecule has 1 atom stereocenters. The van der Waals surface area contributed by atoms with Crippen molar-refractivity contribution in [3.05, 3.63) is 0 Å². The molecule has 0 bridgehead atoms. The Kier molecular flexibility index (Phi) is 5.93. The van der Waals surface area contributed by atoms with Crippen molar-refractivity contribution in [2.24, 2.45) is 0 Å². The van der Waals surface area contributed by atoms with Gasteiger partial charge in [-0.15, -0.1) is 0 Å². The Bertz CT molecular complexity index is 57.0. The maximum atomic E-state index is 8.62. The lowest BCUT2D eigenvalue weighted by molar-refractivity contribution is -0.0491. The number of aliphatic hydroxyl groups is 1. The number of unbranched alkanes of at least 4 members (excludes halogenated alkanes) is 1. The van der Waals surface area contributed by atoms with Crippen LogP contribution in [0.4, 0.5) is 0 Å². The molecule has 0 aromatic heterocycles. The van der Waals surface area contributed by atoms with Crippen LogP contribution in [0.2, 0.25) is 0 Å². The van der Waals surface area contributed by atoms with Gasteiger partial charge in [0.15, 0.2) is 0 Å². The van der Waals surface area contributed by atoms with Gasteiger partial charge in [-0.2, -0.15) is 5.48 Å². The fourth-order valence-corrected chi connectivity index (χ4v) is 0.396. The molecule has 0 aromatic carbocycles. The fourth-order valence-electron chi connectivity index (χ4n) is 0.396. The predicted octanol–water partition coefficient (Wildman–Crippen LogP) is 0.646. The molecule has 2 N–H and O–H groups in total. The summed E-state index contributed by atoms with van der Waals surface area (Å²) in [5.41, 5.74) is 2.44. The Morgan fingerprint density at radius 3 is 2.78 bits per heavy atom. The third-order valence-electron chi connectivity index (χ3n) is 0.854. The zero-order valence-corrected chi connectivity index (χ0v) is 6.05. The minimum Gasteiger partial charge on any atom is -0.377 e. The van der Waals surface area contributed by atoms with E-state index in [1.54, 1.807) is 6.92 Å². The van der Waals surface area contributed by atoms with Gasteiger partial charge in [-0.3, -0.25) is 4.84 Å². The summed E-state index contributed by atoms with van der Waals surface area (Å²) in [5.74, 6) is 0. The molecule has 3 nitrogen and oxygen atoms in total. The zero-order valence-electron chi connectivity index (χ0n) is 6.05. The van der Waals surface area contributed by atoms with Crippen LogP contribution in [-0.4, -0.2) is 17.9 Å². The number of hydrogen-bond acceptors (Lipinski definition) is 3. The molecule has 0 aliphatic heterocycles. The highest BCUT2D eigenvalue weighted by Gasteiger charge is 1.90. The van der Waals surface area contributed by atoms with Crippen molar-refractivity contribution >= 4 is 0 Å². The van der Waals surface area contributed by atoms with Gasteiger partial charge in [0.2, 0.25) is 0 Å². The van der Waals surface area contributed by atoms with Crippen LogP contribution < -0.4 is 5.48 Å². The van der Waals surface area contributed by atoms with Gasteiger partial charge in [-0.25, -0.2) is 0 Å². The molecule has 0 saturated heterocycles. The van der Waals surface area contributed by atoms with Crippen molar-refractivity contribution in [1.82, 2.24) is 5.48 Å². The van der Waals surface area contributed by atoms with Crippen molar-refractivity contribution in [3.63, 3.8) is 0 Å². The van der Waals surface area contributed by atoms with Gasteiger partial charge in [0.05, 0.1) is 6.61 Å². The van der Waals surface area contributed by atoms with Crippen molar-refractivity contribution in [2.45, 2.75) is 32.9 Å². The molecule has 9 heavy (non-hydrogen) atoms. The third kappa shape index (κ3) is 7.88. The van der Waals surface area contributed by atoms with E-state index in [9.17, 15) is 0 Å². The molecule has 0 rings (SSSR count). The molecule has 0 saturated carbocycles. The molecule has 0 spiro atoms. The average Bonchev–Trinajstić information content (AvgIpc) is 1.80. The van der Waals surface area contributed by atoms with Crippen molar-refractivity contribution in [2.75, 3.05) is 6.61 Å². The summed E-state index contributed by atoms with van der Waals surface area (Å²) in [7, 11) is 0. The van der Waals surface area contributed by atoms with E-state index in [1.807, 2.05) is 0 Å². The molecule has 0 amide bonds. The van der Waals surface area contributed by atoms with Crippen LogP contribution in [0.1, 0.15) is 26.7 Å². The van der Waals surface area contributed by atoms with Gasteiger partial charge in [0, 0.05) is 0 Å². The quantitative estimate of drug-likeness (QED) is 0.328. The summed E-state index contributed by atoms with van der Waals surface area (Å²) in [6, 6.07) is 0. The van der Waals surface area contributed by atoms with Gasteiger partial charge < -0.3 is 5.11 Å². The fraction of sp³-hybridized carbons (Fsp3) is 1.00. The van der Waals surface area contributed by atoms with Gasteiger partial charge in [-0.05, 0) is 13.3 Å². The Morgan fingerprint density at radius 1 is 1.67 bits per heavy atom. The maximum absolute atomic E-state index is 8.62. The van der Waals surface area contributed by atoms with E-state index >= 15 is 0 Å². The van der Waals surface area contributed by atoms with Crippen LogP contribution in [0, 0.1) is 0 Å². The Labute approximate surface area is 56.0 Å². The predicted molar refractivity (Wildman–Crippen MR) is 35.7 cm³/mol. The van der Waals surface area contributed by atoms with E-state index in [1.165, 1.54) is 0 Å².